The molecule has 0 bridgehead atoms. The molecule has 0 heterocycles. The summed E-state index contributed by atoms with van der Waals surface area (Å²) in [5, 5.41) is 13.6. The zero-order valence-corrected chi connectivity index (χ0v) is 12.4. The Bertz CT molecular complexity index is 205. The third kappa shape index (κ3) is 8.59. The highest BCUT2D eigenvalue weighted by molar-refractivity contribution is 7.68. The van der Waals surface area contributed by atoms with Crippen molar-refractivity contribution in [2.45, 2.75) is 0 Å². The summed E-state index contributed by atoms with van der Waals surface area (Å²) in [5.74, 6) is 0. The molecule has 0 aromatic heterocycles. The van der Waals surface area contributed by atoms with E-state index < -0.39 is 7.87 Å². The molecule has 0 aliphatic carbocycles. The summed E-state index contributed by atoms with van der Waals surface area (Å²) in [4.78, 5) is 0. The average Bonchev–Trinajstić information content (AvgIpc) is 2.37. The Kier molecular flexibility index (Phi) is 14.3. The van der Waals surface area contributed by atoms with E-state index in [2.05, 4.69) is 46.7 Å². The normalized spacial score (nSPS) is 10.2. The summed E-state index contributed by atoms with van der Waals surface area (Å²) >= 11 is 0. The molecule has 4 nitrogen and oxygen atoms in total. The zero-order chi connectivity index (χ0) is 13.0. The Hall–Kier alpha value is -0.480. The number of nitrogens with one attached hydrogen (secondary N) is 4. The molecule has 0 rings (SSSR count). The highest BCUT2D eigenvalue weighted by Gasteiger charge is 2.36. The molecule has 18 heavy (non-hydrogen) atoms. The molecule has 0 saturated heterocycles. The van der Waals surface area contributed by atoms with Crippen LogP contribution in [0.15, 0.2) is 50.6 Å². The lowest BCUT2D eigenvalue weighted by Crippen LogP contribution is -3.00. The van der Waals surface area contributed by atoms with E-state index in [0.717, 1.165) is 0 Å². The molecule has 0 saturated carbocycles. The molecular formula is C12H24ClN4P. The molecule has 0 atom stereocenters. The van der Waals surface area contributed by atoms with Gasteiger partial charge in [0.15, 0.2) is 0 Å². The third-order valence-electron chi connectivity index (χ3n) is 1.89. The van der Waals surface area contributed by atoms with Crippen molar-refractivity contribution in [3.05, 3.63) is 50.6 Å². The van der Waals surface area contributed by atoms with Gasteiger partial charge in [0.25, 0.3) is 7.87 Å². The highest BCUT2D eigenvalue weighted by Crippen LogP contribution is 2.39. The first-order valence-corrected chi connectivity index (χ1v) is 7.36. The predicted molar refractivity (Wildman–Crippen MR) is 79.7 cm³/mol. The van der Waals surface area contributed by atoms with Crippen LogP contribution < -0.4 is 32.8 Å². The minimum absolute atomic E-state index is 0. The quantitative estimate of drug-likeness (QED) is 0.269. The molecule has 104 valence electrons. The molecule has 0 amide bonds. The molecule has 0 aliphatic rings. The smallest absolute Gasteiger partial charge is 0.299 e. The molecule has 0 radical (unpaired) electrons. The lowest BCUT2D eigenvalue weighted by Gasteiger charge is -2.26. The van der Waals surface area contributed by atoms with Crippen LogP contribution in [0, 0.1) is 0 Å². The molecule has 4 N–H and O–H groups in total. The van der Waals surface area contributed by atoms with E-state index in [1.807, 2.05) is 24.3 Å². The minimum Gasteiger partial charge on any atom is -1.00 e. The van der Waals surface area contributed by atoms with Crippen molar-refractivity contribution in [2.24, 2.45) is 0 Å². The summed E-state index contributed by atoms with van der Waals surface area (Å²) in [7, 11) is -1.85. The van der Waals surface area contributed by atoms with Gasteiger partial charge in [-0.05, 0) is 0 Å². The average molecular weight is 291 g/mol. The fourth-order valence-electron chi connectivity index (χ4n) is 1.14. The van der Waals surface area contributed by atoms with Gasteiger partial charge < -0.3 is 12.4 Å². The molecular weight excluding hydrogens is 267 g/mol. The largest absolute Gasteiger partial charge is 1.00 e. The number of rotatable bonds is 12. The van der Waals surface area contributed by atoms with Crippen LogP contribution in [0.4, 0.5) is 0 Å². The summed E-state index contributed by atoms with van der Waals surface area (Å²) in [6.07, 6.45) is 7.32. The lowest BCUT2D eigenvalue weighted by molar-refractivity contribution is -0.00000397. The van der Waals surface area contributed by atoms with Gasteiger partial charge in [0.1, 0.15) is 0 Å². The van der Waals surface area contributed by atoms with Crippen LogP contribution in [0.1, 0.15) is 0 Å². The van der Waals surface area contributed by atoms with E-state index in [1.54, 1.807) is 0 Å². The third-order valence-corrected chi connectivity index (χ3v) is 4.52. The number of hydrogen-bond donors (Lipinski definition) is 4. The van der Waals surface area contributed by atoms with Crippen molar-refractivity contribution < 1.29 is 12.4 Å². The number of hydrogen-bond acceptors (Lipinski definition) is 4. The SMILES string of the molecule is C=CCN[P+](NCC=C)(NCC=C)NCC=C.[Cl-]. The van der Waals surface area contributed by atoms with Crippen LogP contribution in [0.2, 0.25) is 0 Å². The van der Waals surface area contributed by atoms with Crippen molar-refractivity contribution in [1.82, 2.24) is 20.3 Å². The molecule has 0 aliphatic heterocycles. The summed E-state index contributed by atoms with van der Waals surface area (Å²) in [6.45, 7) is 17.7. The van der Waals surface area contributed by atoms with Crippen LogP contribution in [0.3, 0.4) is 0 Å². The minimum atomic E-state index is -1.85. The molecule has 0 aromatic carbocycles. The maximum Gasteiger partial charge on any atom is 0.299 e. The molecule has 0 aromatic rings. The monoisotopic (exact) mass is 290 g/mol. The van der Waals surface area contributed by atoms with Crippen LogP contribution in [0.5, 0.6) is 0 Å². The molecule has 0 fully saturated rings. The van der Waals surface area contributed by atoms with E-state index in [9.17, 15) is 0 Å². The Morgan fingerprint density at radius 1 is 0.611 bits per heavy atom. The van der Waals surface area contributed by atoms with Crippen LogP contribution in [-0.4, -0.2) is 26.2 Å². The van der Waals surface area contributed by atoms with Crippen LogP contribution >= 0.6 is 7.87 Å². The maximum absolute atomic E-state index is 3.72. The van der Waals surface area contributed by atoms with Gasteiger partial charge in [-0.25, -0.2) is 0 Å². The second-order valence-electron chi connectivity index (χ2n) is 3.27. The first-order valence-electron chi connectivity index (χ1n) is 5.57. The van der Waals surface area contributed by atoms with Gasteiger partial charge in [0.2, 0.25) is 0 Å². The van der Waals surface area contributed by atoms with Crippen molar-refractivity contribution in [3.8, 4) is 0 Å². The fourth-order valence-corrected chi connectivity index (χ4v) is 3.42. The number of halogens is 1. The summed E-state index contributed by atoms with van der Waals surface area (Å²) < 4.78 is 0. The molecule has 0 unspecified atom stereocenters. The first kappa shape index (κ1) is 19.9. The Morgan fingerprint density at radius 2 is 0.833 bits per heavy atom. The summed E-state index contributed by atoms with van der Waals surface area (Å²) in [6, 6.07) is 0. The van der Waals surface area contributed by atoms with Gasteiger partial charge in [-0.3, -0.25) is 0 Å². The second-order valence-corrected chi connectivity index (χ2v) is 5.88. The molecule has 6 heteroatoms. The second kappa shape index (κ2) is 13.0. The Labute approximate surface area is 118 Å². The summed E-state index contributed by atoms with van der Waals surface area (Å²) in [5.41, 5.74) is 0. The first-order chi connectivity index (χ1) is 8.24. The van der Waals surface area contributed by atoms with Gasteiger partial charge in [0.05, 0.1) is 26.2 Å². The van der Waals surface area contributed by atoms with Crippen molar-refractivity contribution in [1.29, 1.82) is 0 Å². The van der Waals surface area contributed by atoms with E-state index >= 15 is 0 Å². The van der Waals surface area contributed by atoms with Gasteiger partial charge in [0, 0.05) is 0 Å². The topological polar surface area (TPSA) is 48.1 Å². The van der Waals surface area contributed by atoms with Gasteiger partial charge in [-0.2, -0.15) is 0 Å². The van der Waals surface area contributed by atoms with Crippen LogP contribution in [-0.2, 0) is 0 Å². The fraction of sp³-hybridized carbons (Fsp3) is 0.333. The van der Waals surface area contributed by atoms with Crippen molar-refractivity contribution in [2.75, 3.05) is 26.2 Å². The van der Waals surface area contributed by atoms with Gasteiger partial charge in [-0.15, -0.1) is 46.7 Å². The Morgan fingerprint density at radius 3 is 1.00 bits per heavy atom. The van der Waals surface area contributed by atoms with E-state index in [0.29, 0.717) is 26.2 Å². The lowest BCUT2D eigenvalue weighted by atomic mass is 10.7. The van der Waals surface area contributed by atoms with Crippen molar-refractivity contribution >= 4 is 7.87 Å². The zero-order valence-electron chi connectivity index (χ0n) is 10.8. The van der Waals surface area contributed by atoms with Crippen LogP contribution in [0.25, 0.3) is 0 Å². The molecule has 0 spiro atoms. The van der Waals surface area contributed by atoms with E-state index in [1.165, 1.54) is 0 Å². The Balaban J connectivity index is 0. The van der Waals surface area contributed by atoms with Gasteiger partial charge >= 0.3 is 0 Å². The van der Waals surface area contributed by atoms with E-state index in [-0.39, 0.29) is 12.4 Å². The van der Waals surface area contributed by atoms with Crippen molar-refractivity contribution in [3.63, 3.8) is 0 Å². The maximum atomic E-state index is 3.72. The van der Waals surface area contributed by atoms with Gasteiger partial charge in [-0.1, -0.05) is 24.3 Å². The van der Waals surface area contributed by atoms with E-state index in [4.69, 9.17) is 0 Å². The standard InChI is InChI=1S/C12H24N4P.ClH/c1-5-9-13-17(14-10-6-2,15-11-7-3)16-12-8-4;/h5-8,13-16H,1-4,9-12H2;1H/q+1;/p-1. The predicted octanol–water partition coefficient (Wildman–Crippen LogP) is -1.23. The highest BCUT2D eigenvalue weighted by atomic mass is 35.5.